The van der Waals surface area contributed by atoms with Crippen molar-refractivity contribution >= 4 is 6.08 Å². The Bertz CT molecular complexity index is 1150. The predicted octanol–water partition coefficient (Wildman–Crippen LogP) is 7.17. The Morgan fingerprint density at radius 1 is 0.906 bits per heavy atom. The van der Waals surface area contributed by atoms with E-state index < -0.39 is 0 Å². The van der Waals surface area contributed by atoms with Gasteiger partial charge in [0.15, 0.2) is 0 Å². The zero-order valence-corrected chi connectivity index (χ0v) is 18.9. The normalized spacial score (nSPS) is 30.1. The minimum absolute atomic E-state index is 0.275. The standard InChI is InChI=1S/C30H33NO/c1-3-7-27-23(5-1)25-17-21(13-15-28(25)31-27)19-9-11-20(12-10-19)22-14-16-30-26(18-22)24-6-2-4-8-29(24)32-30/h1,4-5,8-9,14,16,18,20-21,24,29,31H,2-3,6-7,10-13,15,17H2. The largest absolute Gasteiger partial charge is 0.485 e. The number of hydrogen-bond acceptors (Lipinski definition) is 1. The van der Waals surface area contributed by atoms with Crippen LogP contribution in [0.4, 0.5) is 0 Å². The highest BCUT2D eigenvalue weighted by molar-refractivity contribution is 5.61. The van der Waals surface area contributed by atoms with Gasteiger partial charge in [0.1, 0.15) is 11.9 Å². The third-order valence-corrected chi connectivity index (χ3v) is 8.86. The van der Waals surface area contributed by atoms with Crippen LogP contribution in [-0.4, -0.2) is 11.1 Å². The molecule has 0 saturated heterocycles. The Balaban J connectivity index is 1.08. The number of ether oxygens (including phenoxy) is 1. The van der Waals surface area contributed by atoms with Crippen LogP contribution in [-0.2, 0) is 19.3 Å². The van der Waals surface area contributed by atoms with Crippen molar-refractivity contribution in [3.63, 3.8) is 0 Å². The lowest BCUT2D eigenvalue weighted by Gasteiger charge is -2.30. The van der Waals surface area contributed by atoms with Crippen molar-refractivity contribution in [2.45, 2.75) is 82.1 Å². The van der Waals surface area contributed by atoms with Crippen LogP contribution < -0.4 is 4.74 Å². The molecular weight excluding hydrogens is 390 g/mol. The quantitative estimate of drug-likeness (QED) is 0.509. The van der Waals surface area contributed by atoms with Gasteiger partial charge in [0, 0.05) is 22.9 Å². The highest BCUT2D eigenvalue weighted by atomic mass is 16.5. The Morgan fingerprint density at radius 3 is 2.81 bits per heavy atom. The van der Waals surface area contributed by atoms with E-state index in [1.807, 2.05) is 0 Å². The van der Waals surface area contributed by atoms with Crippen LogP contribution in [0.15, 0.2) is 48.1 Å². The minimum Gasteiger partial charge on any atom is -0.485 e. The smallest absolute Gasteiger partial charge is 0.124 e. The van der Waals surface area contributed by atoms with Crippen molar-refractivity contribution in [1.29, 1.82) is 0 Å². The van der Waals surface area contributed by atoms with E-state index >= 15 is 0 Å². The molecule has 4 aliphatic carbocycles. The molecule has 1 aromatic heterocycles. The lowest BCUT2D eigenvalue weighted by atomic mass is 9.74. The van der Waals surface area contributed by atoms with Gasteiger partial charge in [0.05, 0.1) is 0 Å². The summed E-state index contributed by atoms with van der Waals surface area (Å²) in [5.41, 5.74) is 10.9. The third kappa shape index (κ3) is 3.06. The monoisotopic (exact) mass is 423 g/mol. The summed E-state index contributed by atoms with van der Waals surface area (Å²) in [5, 5.41) is 0. The molecule has 2 nitrogen and oxygen atoms in total. The number of fused-ring (bicyclic) bond motifs is 6. The van der Waals surface area contributed by atoms with E-state index in [4.69, 9.17) is 4.74 Å². The fourth-order valence-corrected chi connectivity index (χ4v) is 7.08. The lowest BCUT2D eigenvalue weighted by molar-refractivity contribution is 0.244. The first-order valence-electron chi connectivity index (χ1n) is 12.9. The summed E-state index contributed by atoms with van der Waals surface area (Å²) in [5.74, 6) is 3.12. The van der Waals surface area contributed by atoms with Crippen LogP contribution in [0, 0.1) is 5.92 Å². The first-order valence-corrected chi connectivity index (χ1v) is 12.9. The van der Waals surface area contributed by atoms with Crippen molar-refractivity contribution in [1.82, 2.24) is 4.98 Å². The average Bonchev–Trinajstić information content (AvgIpc) is 3.41. The van der Waals surface area contributed by atoms with Gasteiger partial charge < -0.3 is 9.72 Å². The summed E-state index contributed by atoms with van der Waals surface area (Å²) < 4.78 is 6.21. The summed E-state index contributed by atoms with van der Waals surface area (Å²) >= 11 is 0. The van der Waals surface area contributed by atoms with Gasteiger partial charge in [-0.05, 0) is 105 Å². The maximum absolute atomic E-state index is 6.21. The van der Waals surface area contributed by atoms with E-state index in [0.29, 0.717) is 11.8 Å². The van der Waals surface area contributed by atoms with Gasteiger partial charge in [0.25, 0.3) is 0 Å². The number of H-pyrrole nitrogens is 1. The first-order chi connectivity index (χ1) is 15.8. The number of aryl methyl sites for hydroxylation is 2. The molecule has 1 aliphatic heterocycles. The van der Waals surface area contributed by atoms with Crippen molar-refractivity contribution < 1.29 is 4.74 Å². The molecule has 1 N–H and O–H groups in total. The maximum Gasteiger partial charge on any atom is 0.124 e. The summed E-state index contributed by atoms with van der Waals surface area (Å²) in [7, 11) is 0. The minimum atomic E-state index is 0.275. The summed E-state index contributed by atoms with van der Waals surface area (Å²) in [6, 6.07) is 7.09. The van der Waals surface area contributed by atoms with E-state index in [1.54, 1.807) is 11.1 Å². The molecule has 0 bridgehead atoms. The number of allylic oxidation sites excluding steroid dienone is 4. The Kier molecular flexibility index (Phi) is 4.48. The third-order valence-electron chi connectivity index (χ3n) is 8.86. The van der Waals surface area contributed by atoms with E-state index in [9.17, 15) is 0 Å². The molecule has 2 heteroatoms. The van der Waals surface area contributed by atoms with Gasteiger partial charge in [-0.25, -0.2) is 0 Å². The number of nitrogens with one attached hydrogen (secondary N) is 1. The molecule has 0 spiro atoms. The van der Waals surface area contributed by atoms with Crippen molar-refractivity contribution in [2.24, 2.45) is 5.92 Å². The summed E-state index contributed by atoms with van der Waals surface area (Å²) in [6.07, 6.45) is 24.6. The summed E-state index contributed by atoms with van der Waals surface area (Å²) in [6.45, 7) is 0. The average molecular weight is 424 g/mol. The SMILES string of the molecule is C1=Cc2c([nH]c3c2CC(C2=CCC(c4ccc5c(c4)C4CCC=CC4O5)CC2)CC3)CC1. The van der Waals surface area contributed by atoms with Crippen LogP contribution in [0.25, 0.3) is 6.08 Å². The Hall–Kier alpha value is -2.48. The van der Waals surface area contributed by atoms with Gasteiger partial charge in [-0.3, -0.25) is 0 Å². The van der Waals surface area contributed by atoms with Crippen LogP contribution in [0.2, 0.25) is 0 Å². The molecular formula is C30H33NO. The van der Waals surface area contributed by atoms with Gasteiger partial charge >= 0.3 is 0 Å². The zero-order chi connectivity index (χ0) is 21.1. The molecule has 4 unspecified atom stereocenters. The molecule has 0 amide bonds. The van der Waals surface area contributed by atoms with E-state index in [0.717, 1.165) is 11.7 Å². The molecule has 32 heavy (non-hydrogen) atoms. The summed E-state index contributed by atoms with van der Waals surface area (Å²) in [4.78, 5) is 3.76. The second-order valence-corrected chi connectivity index (χ2v) is 10.6. The van der Waals surface area contributed by atoms with Crippen LogP contribution >= 0.6 is 0 Å². The van der Waals surface area contributed by atoms with Crippen molar-refractivity contribution in [2.75, 3.05) is 0 Å². The highest BCUT2D eigenvalue weighted by Crippen LogP contribution is 2.46. The predicted molar refractivity (Wildman–Crippen MR) is 130 cm³/mol. The topological polar surface area (TPSA) is 25.0 Å². The molecule has 2 heterocycles. The molecule has 0 fully saturated rings. The number of benzene rings is 1. The van der Waals surface area contributed by atoms with E-state index in [1.165, 1.54) is 92.3 Å². The van der Waals surface area contributed by atoms with Gasteiger partial charge in [0.2, 0.25) is 0 Å². The van der Waals surface area contributed by atoms with Crippen molar-refractivity contribution in [3.05, 3.63) is 81.7 Å². The number of aromatic nitrogens is 1. The first kappa shape index (κ1) is 19.0. The molecule has 164 valence electrons. The van der Waals surface area contributed by atoms with Crippen LogP contribution in [0.3, 0.4) is 0 Å². The number of hydrogen-bond donors (Lipinski definition) is 1. The molecule has 7 rings (SSSR count). The van der Waals surface area contributed by atoms with Gasteiger partial charge in [-0.1, -0.05) is 42.0 Å². The Labute approximate surface area is 191 Å². The van der Waals surface area contributed by atoms with E-state index in [2.05, 4.69) is 53.6 Å². The Morgan fingerprint density at radius 2 is 1.88 bits per heavy atom. The zero-order valence-electron chi connectivity index (χ0n) is 18.9. The lowest BCUT2D eigenvalue weighted by Crippen LogP contribution is -2.19. The van der Waals surface area contributed by atoms with Crippen LogP contribution in [0.1, 0.15) is 90.4 Å². The molecule has 1 aromatic carbocycles. The van der Waals surface area contributed by atoms with E-state index in [-0.39, 0.29) is 6.10 Å². The maximum atomic E-state index is 6.21. The molecule has 4 atom stereocenters. The second-order valence-electron chi connectivity index (χ2n) is 10.6. The molecule has 0 saturated carbocycles. The second kappa shape index (κ2) is 7.54. The number of aromatic amines is 1. The molecule has 2 aromatic rings. The van der Waals surface area contributed by atoms with Crippen molar-refractivity contribution in [3.8, 4) is 5.75 Å². The number of rotatable bonds is 2. The van der Waals surface area contributed by atoms with Gasteiger partial charge in [-0.2, -0.15) is 0 Å². The molecule has 5 aliphatic rings. The fourth-order valence-electron chi connectivity index (χ4n) is 7.08. The fraction of sp³-hybridized carbons (Fsp3) is 0.467. The van der Waals surface area contributed by atoms with Gasteiger partial charge in [-0.15, -0.1) is 0 Å². The molecule has 0 radical (unpaired) electrons. The van der Waals surface area contributed by atoms with Crippen LogP contribution in [0.5, 0.6) is 5.75 Å². The highest BCUT2D eigenvalue weighted by Gasteiger charge is 2.35.